The van der Waals surface area contributed by atoms with Crippen LogP contribution in [0.2, 0.25) is 0 Å². The molecule has 0 unspecified atom stereocenters. The third-order valence-electron chi connectivity index (χ3n) is 4.26. The molecule has 0 aromatic heterocycles. The van der Waals surface area contributed by atoms with Gasteiger partial charge in [-0.2, -0.15) is 5.26 Å². The predicted octanol–water partition coefficient (Wildman–Crippen LogP) is 0.715. The van der Waals surface area contributed by atoms with Gasteiger partial charge < -0.3 is 10.2 Å². The second kappa shape index (κ2) is 6.08. The minimum Gasteiger partial charge on any atom is -0.338 e. The molecule has 7 nitrogen and oxygen atoms in total. The van der Waals surface area contributed by atoms with Crippen molar-refractivity contribution in [2.75, 3.05) is 19.6 Å². The number of rotatable bonds is 2. The molecule has 3 rings (SSSR count). The van der Waals surface area contributed by atoms with E-state index in [2.05, 4.69) is 5.32 Å². The highest BCUT2D eigenvalue weighted by Crippen LogP contribution is 2.20. The Morgan fingerprint density at radius 2 is 1.83 bits per heavy atom. The fraction of sp³-hybridized carbons (Fsp3) is 0.375. The number of piperidine rings is 1. The predicted molar refractivity (Wildman–Crippen MR) is 80.3 cm³/mol. The molecule has 4 amide bonds. The molecule has 2 heterocycles. The molecule has 23 heavy (non-hydrogen) atoms. The van der Waals surface area contributed by atoms with Crippen molar-refractivity contribution in [1.29, 1.82) is 5.26 Å². The van der Waals surface area contributed by atoms with Crippen LogP contribution in [0.3, 0.4) is 0 Å². The number of carbonyl (C=O) groups is 3. The van der Waals surface area contributed by atoms with E-state index in [9.17, 15) is 14.4 Å². The van der Waals surface area contributed by atoms with Crippen LogP contribution in [0.4, 0.5) is 4.79 Å². The van der Waals surface area contributed by atoms with E-state index in [1.807, 2.05) is 6.07 Å². The summed E-state index contributed by atoms with van der Waals surface area (Å²) in [7, 11) is 0. The number of amides is 4. The van der Waals surface area contributed by atoms with E-state index in [1.165, 1.54) is 4.90 Å². The normalized spacial score (nSPS) is 18.7. The summed E-state index contributed by atoms with van der Waals surface area (Å²) in [5.74, 6) is -0.294. The molecule has 2 aliphatic heterocycles. The van der Waals surface area contributed by atoms with Gasteiger partial charge >= 0.3 is 6.03 Å². The molecule has 0 saturated carbocycles. The van der Waals surface area contributed by atoms with Crippen LogP contribution in [0.1, 0.15) is 28.8 Å². The molecule has 1 N–H and O–H groups in total. The first-order chi connectivity index (χ1) is 11.1. The van der Waals surface area contributed by atoms with E-state index in [1.54, 1.807) is 29.2 Å². The van der Waals surface area contributed by atoms with Crippen molar-refractivity contribution >= 4 is 17.8 Å². The van der Waals surface area contributed by atoms with Crippen molar-refractivity contribution in [3.63, 3.8) is 0 Å². The lowest BCUT2D eigenvalue weighted by atomic mass is 10.0. The Labute approximate surface area is 133 Å². The Morgan fingerprint density at radius 3 is 2.35 bits per heavy atom. The molecule has 2 fully saturated rings. The zero-order chi connectivity index (χ0) is 16.4. The van der Waals surface area contributed by atoms with Gasteiger partial charge in [0.05, 0.1) is 18.2 Å². The van der Waals surface area contributed by atoms with Crippen molar-refractivity contribution in [3.05, 3.63) is 35.4 Å². The van der Waals surface area contributed by atoms with Crippen LogP contribution in [-0.4, -0.2) is 53.3 Å². The SMILES string of the molecule is N#Cc1ccc(C(=O)N2CCC(N3C(=O)CNC3=O)CC2)cc1. The number of likely N-dealkylation sites (tertiary alicyclic amines) is 1. The average Bonchev–Trinajstić information content (AvgIpc) is 2.93. The molecule has 1 aromatic rings. The maximum absolute atomic E-state index is 12.4. The second-order valence-corrected chi connectivity index (χ2v) is 5.63. The molecular formula is C16H16N4O3. The summed E-state index contributed by atoms with van der Waals surface area (Å²) < 4.78 is 0. The molecule has 2 saturated heterocycles. The van der Waals surface area contributed by atoms with Gasteiger partial charge in [0.15, 0.2) is 0 Å². The van der Waals surface area contributed by atoms with Crippen molar-refractivity contribution in [3.8, 4) is 6.07 Å². The fourth-order valence-electron chi connectivity index (χ4n) is 3.00. The molecule has 118 valence electrons. The lowest BCUT2D eigenvalue weighted by Gasteiger charge is -2.35. The number of imide groups is 1. The van der Waals surface area contributed by atoms with E-state index in [4.69, 9.17) is 5.26 Å². The maximum Gasteiger partial charge on any atom is 0.324 e. The molecule has 0 aliphatic carbocycles. The molecule has 7 heteroatoms. The van der Waals surface area contributed by atoms with Gasteiger partial charge in [0.25, 0.3) is 5.91 Å². The molecule has 0 atom stereocenters. The Morgan fingerprint density at radius 1 is 1.17 bits per heavy atom. The summed E-state index contributed by atoms with van der Waals surface area (Å²) in [6.45, 7) is 1.06. The quantitative estimate of drug-likeness (QED) is 0.814. The third-order valence-corrected chi connectivity index (χ3v) is 4.26. The van der Waals surface area contributed by atoms with E-state index in [0.29, 0.717) is 37.1 Å². The summed E-state index contributed by atoms with van der Waals surface area (Å²) in [5, 5.41) is 11.3. The van der Waals surface area contributed by atoms with Crippen LogP contribution in [0.15, 0.2) is 24.3 Å². The number of carbonyl (C=O) groups excluding carboxylic acids is 3. The highest BCUT2D eigenvalue weighted by Gasteiger charge is 2.37. The summed E-state index contributed by atoms with van der Waals surface area (Å²) in [4.78, 5) is 38.8. The first-order valence-corrected chi connectivity index (χ1v) is 7.49. The van der Waals surface area contributed by atoms with E-state index < -0.39 is 0 Å². The standard InChI is InChI=1S/C16H16N4O3/c17-9-11-1-3-12(4-2-11)15(22)19-7-5-13(6-8-19)20-14(21)10-18-16(20)23/h1-4,13H,5-8,10H2,(H,18,23). The van der Waals surface area contributed by atoms with Crippen molar-refractivity contribution < 1.29 is 14.4 Å². The van der Waals surface area contributed by atoms with E-state index in [-0.39, 0.29) is 30.4 Å². The average molecular weight is 312 g/mol. The van der Waals surface area contributed by atoms with Gasteiger partial charge in [0, 0.05) is 24.7 Å². The molecule has 0 radical (unpaired) electrons. The Kier molecular flexibility index (Phi) is 3.98. The molecular weight excluding hydrogens is 296 g/mol. The largest absolute Gasteiger partial charge is 0.338 e. The van der Waals surface area contributed by atoms with Gasteiger partial charge in [0.2, 0.25) is 5.91 Å². The zero-order valence-electron chi connectivity index (χ0n) is 12.5. The molecule has 0 bridgehead atoms. The van der Waals surface area contributed by atoms with Gasteiger partial charge in [-0.1, -0.05) is 0 Å². The first kappa shape index (κ1) is 15.0. The second-order valence-electron chi connectivity index (χ2n) is 5.63. The van der Waals surface area contributed by atoms with Gasteiger partial charge in [-0.05, 0) is 37.1 Å². The molecule has 0 spiro atoms. The number of nitrogens with zero attached hydrogens (tertiary/aromatic N) is 3. The number of urea groups is 1. The number of hydrogen-bond donors (Lipinski definition) is 1. The lowest BCUT2D eigenvalue weighted by molar-refractivity contribution is -0.127. The highest BCUT2D eigenvalue weighted by molar-refractivity contribution is 6.02. The van der Waals surface area contributed by atoms with Crippen LogP contribution in [0.5, 0.6) is 0 Å². The Hall–Kier alpha value is -2.88. The van der Waals surface area contributed by atoms with Gasteiger partial charge in [-0.3, -0.25) is 14.5 Å². The molecule has 2 aliphatic rings. The third kappa shape index (κ3) is 2.88. The summed E-state index contributed by atoms with van der Waals surface area (Å²) in [6, 6.07) is 8.06. The highest BCUT2D eigenvalue weighted by atomic mass is 16.2. The van der Waals surface area contributed by atoms with Crippen LogP contribution >= 0.6 is 0 Å². The van der Waals surface area contributed by atoms with Crippen LogP contribution in [0.25, 0.3) is 0 Å². The number of hydrogen-bond acceptors (Lipinski definition) is 4. The van der Waals surface area contributed by atoms with E-state index >= 15 is 0 Å². The lowest BCUT2D eigenvalue weighted by Crippen LogP contribution is -2.49. The minimum atomic E-state index is -0.341. The van der Waals surface area contributed by atoms with Gasteiger partial charge in [-0.25, -0.2) is 4.79 Å². The zero-order valence-corrected chi connectivity index (χ0v) is 12.5. The number of nitrogens with one attached hydrogen (secondary N) is 1. The van der Waals surface area contributed by atoms with Crippen LogP contribution < -0.4 is 5.32 Å². The number of benzene rings is 1. The van der Waals surface area contributed by atoms with Crippen molar-refractivity contribution in [2.45, 2.75) is 18.9 Å². The van der Waals surface area contributed by atoms with Crippen LogP contribution in [-0.2, 0) is 4.79 Å². The fourth-order valence-corrected chi connectivity index (χ4v) is 3.00. The summed E-state index contributed by atoms with van der Waals surface area (Å²) in [5.41, 5.74) is 1.05. The maximum atomic E-state index is 12.4. The Bertz CT molecular complexity index is 668. The van der Waals surface area contributed by atoms with Crippen LogP contribution in [0, 0.1) is 11.3 Å². The van der Waals surface area contributed by atoms with E-state index in [0.717, 1.165) is 0 Å². The smallest absolute Gasteiger partial charge is 0.324 e. The van der Waals surface area contributed by atoms with Gasteiger partial charge in [-0.15, -0.1) is 0 Å². The topological polar surface area (TPSA) is 93.5 Å². The summed E-state index contributed by atoms with van der Waals surface area (Å²) >= 11 is 0. The minimum absolute atomic E-state index is 0.0587. The van der Waals surface area contributed by atoms with Crippen molar-refractivity contribution in [2.24, 2.45) is 0 Å². The summed E-state index contributed by atoms with van der Waals surface area (Å²) in [6.07, 6.45) is 1.17. The Balaban J connectivity index is 1.62. The molecule has 1 aromatic carbocycles. The van der Waals surface area contributed by atoms with Crippen molar-refractivity contribution in [1.82, 2.24) is 15.1 Å². The van der Waals surface area contributed by atoms with Gasteiger partial charge in [0.1, 0.15) is 0 Å². The number of nitriles is 1. The first-order valence-electron chi connectivity index (χ1n) is 7.49. The monoisotopic (exact) mass is 312 g/mol.